The first-order chi connectivity index (χ1) is 9.83. The molecule has 3 nitrogen and oxygen atoms in total. The molecule has 0 aliphatic carbocycles. The van der Waals surface area contributed by atoms with Crippen LogP contribution in [-0.4, -0.2) is 19.4 Å². The normalized spacial score (nSPS) is 25.3. The fourth-order valence-electron chi connectivity index (χ4n) is 1.95. The van der Waals surface area contributed by atoms with Crippen LogP contribution in [0.3, 0.4) is 0 Å². The first-order valence-corrected chi connectivity index (χ1v) is 8.49. The van der Waals surface area contributed by atoms with Crippen molar-refractivity contribution in [3.8, 4) is 0 Å². The quantitative estimate of drug-likeness (QED) is 0.571. The monoisotopic (exact) mass is 366 g/mol. The number of fused-ring (bicyclic) bond motifs is 1. The van der Waals surface area contributed by atoms with Gasteiger partial charge in [0.1, 0.15) is 0 Å². The highest BCUT2D eigenvalue weighted by molar-refractivity contribution is 8.36. The number of rotatable bonds is 2. The first kappa shape index (κ1) is 17.2. The second-order valence-corrected chi connectivity index (χ2v) is 8.84. The molecule has 1 aromatic rings. The van der Waals surface area contributed by atoms with Crippen molar-refractivity contribution in [2.45, 2.75) is 22.8 Å². The van der Waals surface area contributed by atoms with Gasteiger partial charge in [0.25, 0.3) is 0 Å². The topological polar surface area (TPSA) is 43.4 Å². The molecule has 2 rings (SSSR count). The number of hydrogen-bond donors (Lipinski definition) is 0. The van der Waals surface area contributed by atoms with E-state index >= 15 is 0 Å². The molecule has 0 saturated heterocycles. The lowest BCUT2D eigenvalue weighted by Crippen LogP contribution is -2.32. The van der Waals surface area contributed by atoms with Gasteiger partial charge < -0.3 is 0 Å². The number of halogens is 6. The smallest absolute Gasteiger partial charge is 0.196 e. The van der Waals surface area contributed by atoms with Crippen LogP contribution in [0, 0.1) is 0 Å². The average molecular weight is 366 g/mol. The van der Waals surface area contributed by atoms with E-state index in [1.54, 1.807) is 0 Å². The Hall–Kier alpha value is -1.20. The Morgan fingerprint density at radius 1 is 1.05 bits per heavy atom. The van der Waals surface area contributed by atoms with Crippen LogP contribution in [0.5, 0.6) is 0 Å². The summed E-state index contributed by atoms with van der Waals surface area (Å²) < 4.78 is 104. The van der Waals surface area contributed by atoms with Crippen molar-refractivity contribution in [3.05, 3.63) is 34.7 Å². The molecule has 1 unspecified atom stereocenters. The van der Waals surface area contributed by atoms with Crippen LogP contribution in [0.1, 0.15) is 12.5 Å². The Labute approximate surface area is 123 Å². The Morgan fingerprint density at radius 3 is 2.09 bits per heavy atom. The summed E-state index contributed by atoms with van der Waals surface area (Å²) in [5.74, 6) is 0. The van der Waals surface area contributed by atoms with Gasteiger partial charge in [-0.25, -0.2) is 0 Å². The van der Waals surface area contributed by atoms with Gasteiger partial charge in [-0.1, -0.05) is 18.2 Å². The molecule has 124 valence electrons. The molecule has 1 aliphatic rings. The highest BCUT2D eigenvalue weighted by atomic mass is 32.3. The third-order valence-electron chi connectivity index (χ3n) is 2.84. The summed E-state index contributed by atoms with van der Waals surface area (Å²) in [6, 6.07) is 4.70. The van der Waals surface area contributed by atoms with Gasteiger partial charge in [-0.2, -0.15) is 38.4 Å². The van der Waals surface area contributed by atoms with Crippen molar-refractivity contribution in [1.82, 2.24) is 0 Å². The summed E-state index contributed by atoms with van der Waals surface area (Å²) in [6.45, 7) is 0.898. The zero-order valence-electron chi connectivity index (χ0n) is 10.7. The van der Waals surface area contributed by atoms with E-state index in [1.807, 2.05) is 0 Å². The molecule has 1 heterocycles. The standard InChI is InChI=1S/C11H8F6O3S2/c1-7-6-8-4-2-3-5-9(8)21(7,10(12,13)14)20-22(18,19)11(15,16)17/h2-6H,1H3. The summed E-state index contributed by atoms with van der Waals surface area (Å²) in [6.07, 6.45) is 0.976. The number of allylic oxidation sites excluding steroid dienone is 1. The molecule has 0 spiro atoms. The van der Waals surface area contributed by atoms with Crippen LogP contribution in [0.4, 0.5) is 26.3 Å². The number of alkyl halides is 6. The molecule has 1 atom stereocenters. The van der Waals surface area contributed by atoms with E-state index in [-0.39, 0.29) is 5.56 Å². The van der Waals surface area contributed by atoms with Crippen molar-refractivity contribution < 1.29 is 38.4 Å². The van der Waals surface area contributed by atoms with Gasteiger partial charge in [-0.3, -0.25) is 0 Å². The summed E-state index contributed by atoms with van der Waals surface area (Å²) in [4.78, 5) is -1.23. The van der Waals surface area contributed by atoms with Crippen molar-refractivity contribution in [2.75, 3.05) is 0 Å². The van der Waals surface area contributed by atoms with Crippen molar-refractivity contribution in [1.29, 1.82) is 0 Å². The highest BCUT2D eigenvalue weighted by Crippen LogP contribution is 2.77. The van der Waals surface area contributed by atoms with E-state index in [0.717, 1.165) is 19.1 Å². The third-order valence-corrected chi connectivity index (χ3v) is 7.61. The molecular weight excluding hydrogens is 358 g/mol. The molecular formula is C11H8F6O3S2. The fraction of sp³-hybridized carbons (Fsp3) is 0.273. The van der Waals surface area contributed by atoms with E-state index in [2.05, 4.69) is 3.63 Å². The van der Waals surface area contributed by atoms with Crippen molar-refractivity contribution in [2.24, 2.45) is 0 Å². The summed E-state index contributed by atoms with van der Waals surface area (Å²) >= 11 is 0. The lowest BCUT2D eigenvalue weighted by Gasteiger charge is -2.38. The maximum atomic E-state index is 13.5. The Bertz CT molecular complexity index is 735. The van der Waals surface area contributed by atoms with Crippen molar-refractivity contribution >= 4 is 26.5 Å². The first-order valence-electron chi connectivity index (χ1n) is 5.52. The second kappa shape index (κ2) is 4.90. The van der Waals surface area contributed by atoms with Crippen LogP contribution in [-0.2, 0) is 13.7 Å². The maximum absolute atomic E-state index is 13.5. The lowest BCUT2D eigenvalue weighted by molar-refractivity contribution is -0.0546. The molecule has 0 amide bonds. The van der Waals surface area contributed by atoms with Crippen LogP contribution >= 0.6 is 10.3 Å². The zero-order valence-corrected chi connectivity index (χ0v) is 12.3. The van der Waals surface area contributed by atoms with Crippen molar-refractivity contribution in [3.63, 3.8) is 0 Å². The molecule has 0 N–H and O–H groups in total. The van der Waals surface area contributed by atoms with E-state index in [1.165, 1.54) is 18.2 Å². The second-order valence-electron chi connectivity index (χ2n) is 4.26. The predicted molar refractivity (Wildman–Crippen MR) is 68.1 cm³/mol. The summed E-state index contributed by atoms with van der Waals surface area (Å²) in [7, 11) is -11.2. The Balaban J connectivity index is 2.71. The largest absolute Gasteiger partial charge is 0.523 e. The molecule has 0 fully saturated rings. The number of benzene rings is 1. The third kappa shape index (κ3) is 2.40. The molecule has 11 heteroatoms. The lowest BCUT2D eigenvalue weighted by atomic mass is 10.2. The van der Waals surface area contributed by atoms with Gasteiger partial charge in [-0.05, 0) is 24.6 Å². The van der Waals surface area contributed by atoms with Gasteiger partial charge >= 0.3 is 21.1 Å². The summed E-state index contributed by atoms with van der Waals surface area (Å²) in [5, 5.41) is 0. The van der Waals surface area contributed by atoms with Gasteiger partial charge in [0.2, 0.25) is 0 Å². The molecule has 22 heavy (non-hydrogen) atoms. The summed E-state index contributed by atoms with van der Waals surface area (Å²) in [5.41, 5.74) is -11.3. The van der Waals surface area contributed by atoms with E-state index in [4.69, 9.17) is 0 Å². The van der Waals surface area contributed by atoms with Gasteiger partial charge in [0, 0.05) is 20.1 Å². The van der Waals surface area contributed by atoms with Crippen LogP contribution in [0.25, 0.3) is 6.08 Å². The minimum atomic E-state index is -6.42. The van der Waals surface area contributed by atoms with Crippen LogP contribution in [0.15, 0.2) is 34.1 Å². The molecule has 0 aromatic heterocycles. The average Bonchev–Trinajstić information content (AvgIpc) is 2.61. The SMILES string of the molecule is CC1=Cc2ccccc2S1(OS(=O)(=O)C(F)(F)F)C(F)(F)F. The molecule has 1 aromatic carbocycles. The Morgan fingerprint density at radius 2 is 1.59 bits per heavy atom. The molecule has 1 aliphatic heterocycles. The predicted octanol–water partition coefficient (Wildman–Crippen LogP) is 4.53. The van der Waals surface area contributed by atoms with Crippen LogP contribution in [0.2, 0.25) is 0 Å². The zero-order chi connectivity index (χ0) is 17.0. The minimum absolute atomic E-state index is 0.0234. The molecule has 0 saturated carbocycles. The van der Waals surface area contributed by atoms with Gasteiger partial charge in [0.05, 0.1) is 0 Å². The molecule has 0 radical (unpaired) electrons. The Kier molecular flexibility index (Phi) is 3.82. The number of hydrogen-bond acceptors (Lipinski definition) is 3. The highest BCUT2D eigenvalue weighted by Gasteiger charge is 2.63. The molecule has 0 bridgehead atoms. The van der Waals surface area contributed by atoms with E-state index < -0.39 is 41.2 Å². The van der Waals surface area contributed by atoms with Gasteiger partial charge in [0.15, 0.2) is 0 Å². The maximum Gasteiger partial charge on any atom is 0.523 e. The van der Waals surface area contributed by atoms with E-state index in [9.17, 15) is 34.8 Å². The van der Waals surface area contributed by atoms with E-state index in [0.29, 0.717) is 0 Å². The minimum Gasteiger partial charge on any atom is -0.196 e. The fourth-order valence-corrected chi connectivity index (χ4v) is 6.34. The van der Waals surface area contributed by atoms with Gasteiger partial charge in [-0.15, -0.1) is 0 Å². The van der Waals surface area contributed by atoms with Crippen LogP contribution < -0.4 is 0 Å².